The van der Waals surface area contributed by atoms with E-state index in [-0.39, 0.29) is 6.04 Å². The Hall–Kier alpha value is -1.10. The third-order valence-electron chi connectivity index (χ3n) is 3.05. The van der Waals surface area contributed by atoms with Gasteiger partial charge >= 0.3 is 0 Å². The quantitative estimate of drug-likeness (QED) is 0.744. The van der Waals surface area contributed by atoms with Crippen LogP contribution >= 0.6 is 23.4 Å². The zero-order valence-electron chi connectivity index (χ0n) is 11.6. The first kappa shape index (κ1) is 16.3. The molecular weight excluding hydrogens is 312 g/mol. The molecule has 0 aliphatic rings. The fraction of sp³-hybridized carbons (Fsp3) is 0.250. The largest absolute Gasteiger partial charge is 0.309 e. The zero-order valence-corrected chi connectivity index (χ0v) is 13.1. The summed E-state index contributed by atoms with van der Waals surface area (Å²) < 4.78 is 27.3. The van der Waals surface area contributed by atoms with E-state index in [9.17, 15) is 8.78 Å². The van der Waals surface area contributed by atoms with Crippen LogP contribution in [-0.2, 0) is 0 Å². The van der Waals surface area contributed by atoms with Gasteiger partial charge in [-0.05, 0) is 24.7 Å². The van der Waals surface area contributed by atoms with Gasteiger partial charge in [-0.1, -0.05) is 42.8 Å². The lowest BCUT2D eigenvalue weighted by Gasteiger charge is -2.19. The lowest BCUT2D eigenvalue weighted by molar-refractivity contribution is 0.478. The van der Waals surface area contributed by atoms with Gasteiger partial charge in [0.05, 0.1) is 5.02 Å². The van der Waals surface area contributed by atoms with Crippen LogP contribution in [0, 0.1) is 11.6 Å². The molecule has 1 atom stereocenters. The Balaban J connectivity index is 2.16. The van der Waals surface area contributed by atoms with E-state index in [1.807, 2.05) is 31.2 Å². The van der Waals surface area contributed by atoms with Crippen LogP contribution in [0.3, 0.4) is 0 Å². The molecule has 2 rings (SSSR count). The Morgan fingerprint density at radius 2 is 1.90 bits per heavy atom. The summed E-state index contributed by atoms with van der Waals surface area (Å²) in [7, 11) is 0. The number of halogens is 3. The highest BCUT2D eigenvalue weighted by Gasteiger charge is 2.18. The Morgan fingerprint density at radius 3 is 2.62 bits per heavy atom. The van der Waals surface area contributed by atoms with Crippen LogP contribution in [0.5, 0.6) is 0 Å². The molecule has 1 unspecified atom stereocenters. The van der Waals surface area contributed by atoms with Crippen molar-refractivity contribution in [3.05, 3.63) is 64.7 Å². The van der Waals surface area contributed by atoms with Crippen molar-refractivity contribution in [2.75, 3.05) is 12.3 Å². The van der Waals surface area contributed by atoms with Crippen LogP contribution < -0.4 is 5.32 Å². The molecule has 1 nitrogen and oxygen atoms in total. The van der Waals surface area contributed by atoms with Crippen LogP contribution in [-0.4, -0.2) is 12.3 Å². The highest BCUT2D eigenvalue weighted by Crippen LogP contribution is 2.31. The summed E-state index contributed by atoms with van der Waals surface area (Å²) in [5, 5.41) is 3.85. The van der Waals surface area contributed by atoms with Gasteiger partial charge in [0.1, 0.15) is 0 Å². The summed E-state index contributed by atoms with van der Waals surface area (Å²) in [5.74, 6) is -1.04. The number of thioether (sulfide) groups is 1. The van der Waals surface area contributed by atoms with Crippen molar-refractivity contribution < 1.29 is 8.78 Å². The molecule has 2 aromatic carbocycles. The lowest BCUT2D eigenvalue weighted by atomic mass is 10.1. The molecule has 0 amide bonds. The van der Waals surface area contributed by atoms with E-state index in [4.69, 9.17) is 11.6 Å². The van der Waals surface area contributed by atoms with Crippen molar-refractivity contribution in [3.63, 3.8) is 0 Å². The topological polar surface area (TPSA) is 12.0 Å². The normalized spacial score (nSPS) is 12.4. The first-order valence-electron chi connectivity index (χ1n) is 6.68. The standard InChI is InChI=1S/C16H16ClF2NS/c1-2-20-14(11-6-5-8-13(18)16(11)19)10-21-15-9-4-3-7-12(15)17/h3-9,14,20H,2,10H2,1H3. The molecule has 5 heteroatoms. The van der Waals surface area contributed by atoms with Gasteiger partial charge in [-0.3, -0.25) is 0 Å². The molecule has 21 heavy (non-hydrogen) atoms. The van der Waals surface area contributed by atoms with E-state index in [0.717, 1.165) is 11.0 Å². The molecule has 0 saturated carbocycles. The molecule has 0 heterocycles. The molecule has 0 aliphatic heterocycles. The van der Waals surface area contributed by atoms with Crippen LogP contribution in [0.1, 0.15) is 18.5 Å². The maximum absolute atomic E-state index is 13.9. The minimum absolute atomic E-state index is 0.271. The molecular formula is C16H16ClF2NS. The van der Waals surface area contributed by atoms with E-state index in [2.05, 4.69) is 5.32 Å². The van der Waals surface area contributed by atoms with Gasteiger partial charge in [0.25, 0.3) is 0 Å². The van der Waals surface area contributed by atoms with E-state index >= 15 is 0 Å². The van der Waals surface area contributed by atoms with Crippen LogP contribution in [0.15, 0.2) is 47.4 Å². The van der Waals surface area contributed by atoms with Gasteiger partial charge in [-0.25, -0.2) is 8.78 Å². The molecule has 1 N–H and O–H groups in total. The number of hydrogen-bond donors (Lipinski definition) is 1. The van der Waals surface area contributed by atoms with Crippen LogP contribution in [0.4, 0.5) is 8.78 Å². The molecule has 0 saturated heterocycles. The summed E-state index contributed by atoms with van der Waals surface area (Å²) in [5.41, 5.74) is 0.344. The van der Waals surface area contributed by atoms with E-state index in [1.165, 1.54) is 17.8 Å². The summed E-state index contributed by atoms with van der Waals surface area (Å²) in [6.45, 7) is 2.61. The molecule has 0 radical (unpaired) electrons. The minimum Gasteiger partial charge on any atom is -0.309 e. The van der Waals surface area contributed by atoms with Gasteiger partial charge in [0, 0.05) is 22.3 Å². The highest BCUT2D eigenvalue weighted by atomic mass is 35.5. The lowest BCUT2D eigenvalue weighted by Crippen LogP contribution is -2.24. The van der Waals surface area contributed by atoms with E-state index < -0.39 is 11.6 Å². The second-order valence-electron chi connectivity index (χ2n) is 4.49. The summed E-state index contributed by atoms with van der Waals surface area (Å²) in [6, 6.07) is 11.5. The second kappa shape index (κ2) is 7.78. The third-order valence-corrected chi connectivity index (χ3v) is 4.66. The van der Waals surface area contributed by atoms with Crippen molar-refractivity contribution in [3.8, 4) is 0 Å². The molecule has 112 valence electrons. The first-order valence-corrected chi connectivity index (χ1v) is 8.04. The zero-order chi connectivity index (χ0) is 15.2. The average molecular weight is 328 g/mol. The van der Waals surface area contributed by atoms with Crippen molar-refractivity contribution in [1.29, 1.82) is 0 Å². The van der Waals surface area contributed by atoms with Gasteiger partial charge in [0.2, 0.25) is 0 Å². The molecule has 0 aliphatic carbocycles. The number of nitrogens with one attached hydrogen (secondary N) is 1. The molecule has 0 spiro atoms. The molecule has 2 aromatic rings. The minimum atomic E-state index is -0.821. The van der Waals surface area contributed by atoms with Gasteiger partial charge in [0.15, 0.2) is 11.6 Å². The monoisotopic (exact) mass is 327 g/mol. The third kappa shape index (κ3) is 4.19. The van der Waals surface area contributed by atoms with E-state index in [0.29, 0.717) is 22.9 Å². The van der Waals surface area contributed by atoms with Crippen LogP contribution in [0.25, 0.3) is 0 Å². The Morgan fingerprint density at radius 1 is 1.14 bits per heavy atom. The van der Waals surface area contributed by atoms with Crippen molar-refractivity contribution in [2.24, 2.45) is 0 Å². The first-order chi connectivity index (χ1) is 10.1. The van der Waals surface area contributed by atoms with Crippen molar-refractivity contribution in [2.45, 2.75) is 17.9 Å². The average Bonchev–Trinajstić information content (AvgIpc) is 2.48. The Labute approximate surface area is 132 Å². The second-order valence-corrected chi connectivity index (χ2v) is 5.96. The predicted octanol–water partition coefficient (Wildman–Crippen LogP) is 5.06. The van der Waals surface area contributed by atoms with Crippen LogP contribution in [0.2, 0.25) is 5.02 Å². The van der Waals surface area contributed by atoms with E-state index in [1.54, 1.807) is 6.07 Å². The van der Waals surface area contributed by atoms with Crippen molar-refractivity contribution in [1.82, 2.24) is 5.32 Å². The maximum Gasteiger partial charge on any atom is 0.163 e. The highest BCUT2D eigenvalue weighted by molar-refractivity contribution is 7.99. The fourth-order valence-corrected chi connectivity index (χ4v) is 3.35. The number of benzene rings is 2. The maximum atomic E-state index is 13.9. The predicted molar refractivity (Wildman–Crippen MR) is 85.0 cm³/mol. The SMILES string of the molecule is CCNC(CSc1ccccc1Cl)c1cccc(F)c1F. The molecule has 0 bridgehead atoms. The van der Waals surface area contributed by atoms with Gasteiger partial charge in [-0.2, -0.15) is 0 Å². The Bertz CT molecular complexity index is 607. The summed E-state index contributed by atoms with van der Waals surface area (Å²) in [4.78, 5) is 0.930. The summed E-state index contributed by atoms with van der Waals surface area (Å²) in [6.07, 6.45) is 0. The summed E-state index contributed by atoms with van der Waals surface area (Å²) >= 11 is 7.63. The molecule has 0 fully saturated rings. The molecule has 0 aromatic heterocycles. The number of rotatable bonds is 6. The van der Waals surface area contributed by atoms with Gasteiger partial charge in [-0.15, -0.1) is 11.8 Å². The fourth-order valence-electron chi connectivity index (χ4n) is 2.03. The number of hydrogen-bond acceptors (Lipinski definition) is 2. The van der Waals surface area contributed by atoms with Gasteiger partial charge < -0.3 is 5.32 Å². The van der Waals surface area contributed by atoms with Crippen molar-refractivity contribution >= 4 is 23.4 Å². The smallest absolute Gasteiger partial charge is 0.163 e. The Kier molecular flexibility index (Phi) is 6.03.